The predicted octanol–water partition coefficient (Wildman–Crippen LogP) is 1.45. The molecule has 1 aromatic heterocycles. The van der Waals surface area contributed by atoms with Crippen LogP contribution in [0, 0.1) is 15.2 Å². The van der Waals surface area contributed by atoms with Gasteiger partial charge in [0.2, 0.25) is 0 Å². The Bertz CT molecular complexity index is 575. The third kappa shape index (κ3) is 2.12. The molecule has 2 rings (SSSR count). The molecule has 0 saturated carbocycles. The topological polar surface area (TPSA) is 84.7 Å². The van der Waals surface area contributed by atoms with Crippen molar-refractivity contribution in [3.05, 3.63) is 33.0 Å². The fourth-order valence-electron chi connectivity index (χ4n) is 1.35. The van der Waals surface area contributed by atoms with Crippen LogP contribution in [-0.2, 0) is 0 Å². The minimum Gasteiger partial charge on any atom is -0.364 e. The maximum atomic E-state index is 13.6. The molecule has 0 fully saturated rings. The Morgan fingerprint density at radius 1 is 1.29 bits per heavy atom. The van der Waals surface area contributed by atoms with Gasteiger partial charge in [0.1, 0.15) is 17.3 Å². The van der Waals surface area contributed by atoms with E-state index in [1.165, 1.54) is 0 Å². The number of primary amides is 1. The molecule has 88 valence electrons. The fourth-order valence-corrected chi connectivity index (χ4v) is 1.89. The van der Waals surface area contributed by atoms with Crippen molar-refractivity contribution < 1.29 is 13.6 Å². The zero-order valence-corrected chi connectivity index (χ0v) is 10.3. The van der Waals surface area contributed by atoms with Gasteiger partial charge in [-0.1, -0.05) is 0 Å². The van der Waals surface area contributed by atoms with Gasteiger partial charge in [-0.3, -0.25) is 4.79 Å². The summed E-state index contributed by atoms with van der Waals surface area (Å²) in [5.41, 5.74) is 4.06. The number of halogens is 3. The average molecular weight is 350 g/mol. The van der Waals surface area contributed by atoms with Gasteiger partial charge in [0.05, 0.1) is 5.56 Å². The highest BCUT2D eigenvalue weighted by Gasteiger charge is 2.22. The van der Waals surface area contributed by atoms with Crippen molar-refractivity contribution in [2.45, 2.75) is 0 Å². The highest BCUT2D eigenvalue weighted by atomic mass is 127. The number of nitrogens with two attached hydrogens (primary N) is 1. The fraction of sp³-hybridized carbons (Fsp3) is 0. The number of aromatic nitrogens is 3. The van der Waals surface area contributed by atoms with Gasteiger partial charge in [0.15, 0.2) is 5.69 Å². The molecule has 0 aliphatic rings. The summed E-state index contributed by atoms with van der Waals surface area (Å²) in [5, 5.41) is 9.10. The molecular weight excluding hydrogens is 345 g/mol. The molecule has 8 heteroatoms. The highest BCUT2D eigenvalue weighted by Crippen LogP contribution is 2.27. The van der Waals surface area contributed by atoms with E-state index in [9.17, 15) is 13.6 Å². The molecule has 1 aromatic carbocycles. The lowest BCUT2D eigenvalue weighted by atomic mass is 10.1. The first kappa shape index (κ1) is 11.9. The number of hydrogen-bond acceptors (Lipinski definition) is 3. The van der Waals surface area contributed by atoms with Crippen LogP contribution < -0.4 is 5.73 Å². The lowest BCUT2D eigenvalue weighted by Crippen LogP contribution is -2.13. The average Bonchev–Trinajstić information content (AvgIpc) is 2.64. The third-order valence-corrected chi connectivity index (χ3v) is 2.65. The molecule has 0 unspecified atom stereocenters. The summed E-state index contributed by atoms with van der Waals surface area (Å²) >= 11 is 1.77. The Kier molecular flexibility index (Phi) is 3.05. The van der Waals surface area contributed by atoms with Gasteiger partial charge in [0.25, 0.3) is 5.91 Å². The number of hydrogen-bond donors (Lipinski definition) is 2. The largest absolute Gasteiger partial charge is 0.364 e. The van der Waals surface area contributed by atoms with E-state index in [0.717, 1.165) is 12.1 Å². The number of nitrogens with one attached hydrogen (secondary N) is 1. The molecular formula is C9H5F2IN4O. The first-order valence-electron chi connectivity index (χ1n) is 4.36. The molecule has 0 bridgehead atoms. The van der Waals surface area contributed by atoms with Crippen molar-refractivity contribution in [2.24, 2.45) is 5.73 Å². The van der Waals surface area contributed by atoms with Crippen LogP contribution in [0.5, 0.6) is 0 Å². The smallest absolute Gasteiger partial charge is 0.271 e. The Hall–Kier alpha value is -1.58. The van der Waals surface area contributed by atoms with Crippen LogP contribution >= 0.6 is 22.6 Å². The van der Waals surface area contributed by atoms with E-state index in [4.69, 9.17) is 5.73 Å². The molecule has 1 amide bonds. The van der Waals surface area contributed by atoms with Gasteiger partial charge in [-0.05, 0) is 34.7 Å². The van der Waals surface area contributed by atoms with Gasteiger partial charge in [-0.25, -0.2) is 8.78 Å². The van der Waals surface area contributed by atoms with Crippen LogP contribution in [0.3, 0.4) is 0 Å². The number of carbonyl (C=O) groups is 1. The summed E-state index contributed by atoms with van der Waals surface area (Å²) in [4.78, 5) is 11.0. The molecule has 3 N–H and O–H groups in total. The van der Waals surface area contributed by atoms with Crippen LogP contribution in [0.4, 0.5) is 8.78 Å². The first-order chi connectivity index (χ1) is 8.00. The van der Waals surface area contributed by atoms with E-state index in [-0.39, 0.29) is 11.4 Å². The minimum atomic E-state index is -0.911. The summed E-state index contributed by atoms with van der Waals surface area (Å²) in [6.45, 7) is 0. The van der Waals surface area contributed by atoms with E-state index in [2.05, 4.69) is 15.4 Å². The molecule has 0 radical (unpaired) electrons. The maximum Gasteiger partial charge on any atom is 0.271 e. The zero-order valence-electron chi connectivity index (χ0n) is 8.17. The summed E-state index contributed by atoms with van der Waals surface area (Å²) in [5.74, 6) is -2.57. The van der Waals surface area contributed by atoms with Crippen molar-refractivity contribution in [3.63, 3.8) is 0 Å². The number of benzene rings is 1. The molecule has 0 aliphatic heterocycles. The van der Waals surface area contributed by atoms with Crippen LogP contribution in [0.2, 0.25) is 0 Å². The van der Waals surface area contributed by atoms with Gasteiger partial charge in [-0.2, -0.15) is 15.4 Å². The zero-order chi connectivity index (χ0) is 12.6. The Morgan fingerprint density at radius 2 is 1.88 bits per heavy atom. The maximum absolute atomic E-state index is 13.6. The Labute approximate surface area is 108 Å². The van der Waals surface area contributed by atoms with Crippen LogP contribution in [-0.4, -0.2) is 21.3 Å². The van der Waals surface area contributed by atoms with Gasteiger partial charge >= 0.3 is 0 Å². The molecule has 0 saturated heterocycles. The molecule has 5 nitrogen and oxygen atoms in total. The number of carbonyl (C=O) groups excluding carboxylic acids is 1. The monoisotopic (exact) mass is 350 g/mol. The molecule has 2 aromatic rings. The van der Waals surface area contributed by atoms with Crippen molar-refractivity contribution in [2.75, 3.05) is 0 Å². The summed E-state index contributed by atoms with van der Waals surface area (Å²) in [6.07, 6.45) is 0. The van der Waals surface area contributed by atoms with E-state index in [1.807, 2.05) is 0 Å². The van der Waals surface area contributed by atoms with Crippen molar-refractivity contribution in [1.29, 1.82) is 0 Å². The number of H-pyrrole nitrogens is 1. The van der Waals surface area contributed by atoms with Crippen LogP contribution in [0.15, 0.2) is 12.1 Å². The Morgan fingerprint density at radius 3 is 2.41 bits per heavy atom. The van der Waals surface area contributed by atoms with Gasteiger partial charge in [0, 0.05) is 3.57 Å². The minimum absolute atomic E-state index is 0.232. The van der Waals surface area contributed by atoms with Crippen molar-refractivity contribution >= 4 is 28.5 Å². The summed E-state index contributed by atoms with van der Waals surface area (Å²) in [6, 6.07) is 2.25. The second kappa shape index (κ2) is 4.35. The van der Waals surface area contributed by atoms with Gasteiger partial charge in [-0.15, -0.1) is 0 Å². The number of amides is 1. The lowest BCUT2D eigenvalue weighted by molar-refractivity contribution is 0.0996. The van der Waals surface area contributed by atoms with E-state index < -0.39 is 23.1 Å². The lowest BCUT2D eigenvalue weighted by Gasteiger charge is -2.03. The van der Waals surface area contributed by atoms with E-state index >= 15 is 0 Å². The second-order valence-corrected chi connectivity index (χ2v) is 4.38. The predicted molar refractivity (Wildman–Crippen MR) is 63.0 cm³/mol. The summed E-state index contributed by atoms with van der Waals surface area (Å²) in [7, 11) is 0. The van der Waals surface area contributed by atoms with Gasteiger partial charge < -0.3 is 5.73 Å². The van der Waals surface area contributed by atoms with Crippen molar-refractivity contribution in [1.82, 2.24) is 15.4 Å². The molecule has 1 heterocycles. The third-order valence-electron chi connectivity index (χ3n) is 2.02. The molecule has 0 spiro atoms. The van der Waals surface area contributed by atoms with Crippen molar-refractivity contribution in [3.8, 4) is 11.3 Å². The highest BCUT2D eigenvalue weighted by molar-refractivity contribution is 14.1. The SMILES string of the molecule is NC(=O)c1n[nH]nc1-c1c(F)cc(I)cc1F. The van der Waals surface area contributed by atoms with Crippen LogP contribution in [0.1, 0.15) is 10.5 Å². The number of rotatable bonds is 2. The summed E-state index contributed by atoms with van der Waals surface area (Å²) < 4.78 is 27.7. The first-order valence-corrected chi connectivity index (χ1v) is 5.44. The quantitative estimate of drug-likeness (QED) is 0.805. The number of nitrogens with zero attached hydrogens (tertiary/aromatic N) is 2. The van der Waals surface area contributed by atoms with Crippen LogP contribution in [0.25, 0.3) is 11.3 Å². The molecule has 17 heavy (non-hydrogen) atoms. The standard InChI is InChI=1S/C9H5F2IN4O/c10-4-1-3(12)2-5(11)6(4)7-8(9(13)17)15-16-14-7/h1-2H,(H2,13,17)(H,14,15,16). The Balaban J connectivity index is 2.69. The molecule has 0 aliphatic carbocycles. The normalized spacial score (nSPS) is 10.5. The number of aromatic amines is 1. The molecule has 0 atom stereocenters. The van der Waals surface area contributed by atoms with E-state index in [0.29, 0.717) is 3.57 Å². The van der Waals surface area contributed by atoms with E-state index in [1.54, 1.807) is 22.6 Å². The second-order valence-electron chi connectivity index (χ2n) is 3.13.